The fourth-order valence-electron chi connectivity index (χ4n) is 2.82. The van der Waals surface area contributed by atoms with Crippen LogP contribution in [0, 0.1) is 0 Å². The normalized spacial score (nSPS) is 17.3. The summed E-state index contributed by atoms with van der Waals surface area (Å²) in [5.41, 5.74) is 2.97. The molecule has 1 aliphatic heterocycles. The van der Waals surface area contributed by atoms with Crippen LogP contribution in [0.2, 0.25) is 0 Å². The molecule has 0 bridgehead atoms. The lowest BCUT2D eigenvalue weighted by molar-refractivity contribution is 0.102. The first-order valence-electron chi connectivity index (χ1n) is 7.75. The zero-order valence-corrected chi connectivity index (χ0v) is 13.7. The van der Waals surface area contributed by atoms with Crippen molar-refractivity contribution in [3.8, 4) is 0 Å². The van der Waals surface area contributed by atoms with Crippen molar-refractivity contribution in [2.24, 2.45) is 0 Å². The van der Waals surface area contributed by atoms with Crippen molar-refractivity contribution >= 4 is 39.2 Å². The molecule has 0 aliphatic carbocycles. The van der Waals surface area contributed by atoms with Gasteiger partial charge in [-0.05, 0) is 55.0 Å². The van der Waals surface area contributed by atoms with E-state index >= 15 is 0 Å². The summed E-state index contributed by atoms with van der Waals surface area (Å²) in [5, 5.41) is 3.83. The Morgan fingerprint density at radius 3 is 2.71 bits per heavy atom. The van der Waals surface area contributed by atoms with Crippen molar-refractivity contribution in [2.45, 2.75) is 6.42 Å². The topological polar surface area (TPSA) is 62.6 Å². The van der Waals surface area contributed by atoms with Crippen LogP contribution >= 0.6 is 0 Å². The summed E-state index contributed by atoms with van der Waals surface area (Å²) in [7, 11) is -0.946. The summed E-state index contributed by atoms with van der Waals surface area (Å²) in [5.74, 6) is 0.533. The molecule has 1 N–H and O–H groups in total. The fraction of sp³-hybridized carbons (Fsp3) is 0.167. The average Bonchev–Trinajstić information content (AvgIpc) is 3.23. The summed E-state index contributed by atoms with van der Waals surface area (Å²) < 4.78 is 19.0. The van der Waals surface area contributed by atoms with Crippen LogP contribution in [-0.2, 0) is 11.0 Å². The molecule has 4 rings (SSSR count). The minimum atomic E-state index is -0.946. The maximum Gasteiger partial charge on any atom is 0.255 e. The number of carbonyl (C=O) groups is 1. The van der Waals surface area contributed by atoms with Crippen LogP contribution in [0.4, 0.5) is 11.4 Å². The van der Waals surface area contributed by atoms with Crippen LogP contribution in [0.3, 0.4) is 0 Å². The maximum absolute atomic E-state index is 12.4. The van der Waals surface area contributed by atoms with E-state index in [1.165, 1.54) is 0 Å². The zero-order valence-electron chi connectivity index (χ0n) is 12.9. The van der Waals surface area contributed by atoms with Crippen LogP contribution < -0.4 is 9.62 Å². The quantitative estimate of drug-likeness (QED) is 0.793. The number of hydrogen-bond donors (Lipinski definition) is 1. The van der Waals surface area contributed by atoms with Gasteiger partial charge >= 0.3 is 0 Å². The number of amides is 1. The average molecular weight is 340 g/mol. The Labute approximate surface area is 141 Å². The second kappa shape index (κ2) is 6.13. The van der Waals surface area contributed by atoms with Crippen LogP contribution in [0.5, 0.6) is 0 Å². The number of fused-ring (bicyclic) bond motifs is 1. The van der Waals surface area contributed by atoms with E-state index in [0.717, 1.165) is 35.3 Å². The van der Waals surface area contributed by atoms with Crippen molar-refractivity contribution < 1.29 is 13.4 Å². The predicted octanol–water partition coefficient (Wildman–Crippen LogP) is 3.56. The zero-order chi connectivity index (χ0) is 16.5. The van der Waals surface area contributed by atoms with Gasteiger partial charge in [0.25, 0.3) is 5.91 Å². The largest absolute Gasteiger partial charge is 0.464 e. The van der Waals surface area contributed by atoms with Crippen molar-refractivity contribution in [2.75, 3.05) is 21.9 Å². The van der Waals surface area contributed by atoms with Gasteiger partial charge in [-0.2, -0.15) is 0 Å². The van der Waals surface area contributed by atoms with Crippen molar-refractivity contribution in [1.82, 2.24) is 0 Å². The molecular weight excluding hydrogens is 324 g/mol. The number of benzene rings is 2. The molecule has 2 aromatic carbocycles. The van der Waals surface area contributed by atoms with E-state index in [9.17, 15) is 9.00 Å². The number of rotatable bonds is 3. The lowest BCUT2D eigenvalue weighted by Crippen LogP contribution is -2.19. The van der Waals surface area contributed by atoms with Crippen molar-refractivity contribution in [1.29, 1.82) is 0 Å². The van der Waals surface area contributed by atoms with E-state index < -0.39 is 11.0 Å². The smallest absolute Gasteiger partial charge is 0.255 e. The summed E-state index contributed by atoms with van der Waals surface area (Å²) in [4.78, 5) is 12.4. The van der Waals surface area contributed by atoms with E-state index in [4.69, 9.17) is 4.42 Å². The first kappa shape index (κ1) is 15.0. The van der Waals surface area contributed by atoms with E-state index in [0.29, 0.717) is 11.3 Å². The Morgan fingerprint density at radius 2 is 1.96 bits per heavy atom. The molecule has 5 nitrogen and oxygen atoms in total. The molecule has 0 spiro atoms. The van der Waals surface area contributed by atoms with Crippen LogP contribution in [0.25, 0.3) is 11.0 Å². The molecule has 1 saturated heterocycles. The van der Waals surface area contributed by atoms with Gasteiger partial charge in [0, 0.05) is 34.6 Å². The van der Waals surface area contributed by atoms with Gasteiger partial charge in [0.05, 0.1) is 6.26 Å². The van der Waals surface area contributed by atoms with Gasteiger partial charge in [-0.25, -0.2) is 4.21 Å². The van der Waals surface area contributed by atoms with Crippen molar-refractivity contribution in [3.05, 3.63) is 60.4 Å². The molecule has 1 aromatic heterocycles. The standard InChI is InChI=1S/C18H16N2O3S/c21-18(19-15-4-7-17-14(12-15)8-10-23-17)13-2-5-16(6-3-13)20-9-1-11-24(20)22/h2-8,10,12H,1,9,11H2,(H,19,21). The number of anilines is 2. The van der Waals surface area contributed by atoms with Gasteiger partial charge in [-0.3, -0.25) is 9.10 Å². The van der Waals surface area contributed by atoms with Crippen molar-refractivity contribution in [3.63, 3.8) is 0 Å². The Hall–Kier alpha value is -2.60. The fourth-order valence-corrected chi connectivity index (χ4v) is 4.10. The SMILES string of the molecule is O=C(Nc1ccc2occc2c1)c1ccc(N2CCCS2=O)cc1. The first-order valence-corrected chi connectivity index (χ1v) is 9.03. The molecular formula is C18H16N2O3S. The van der Waals surface area contributed by atoms with Gasteiger partial charge < -0.3 is 9.73 Å². The number of carbonyl (C=O) groups excluding carboxylic acids is 1. The Kier molecular flexibility index (Phi) is 3.82. The highest BCUT2D eigenvalue weighted by molar-refractivity contribution is 7.86. The van der Waals surface area contributed by atoms with Crippen LogP contribution in [-0.4, -0.2) is 22.4 Å². The van der Waals surface area contributed by atoms with Crippen LogP contribution in [0.15, 0.2) is 59.2 Å². The molecule has 122 valence electrons. The van der Waals surface area contributed by atoms with E-state index in [1.54, 1.807) is 18.4 Å². The van der Waals surface area contributed by atoms with E-state index in [-0.39, 0.29) is 5.91 Å². The maximum atomic E-state index is 12.4. The Balaban J connectivity index is 1.50. The highest BCUT2D eigenvalue weighted by Gasteiger charge is 2.20. The second-order valence-corrected chi connectivity index (χ2v) is 7.15. The van der Waals surface area contributed by atoms with Gasteiger partial charge in [0.2, 0.25) is 0 Å². The third-order valence-corrected chi connectivity index (χ3v) is 5.58. The Morgan fingerprint density at radius 1 is 1.12 bits per heavy atom. The third-order valence-electron chi connectivity index (χ3n) is 4.05. The highest BCUT2D eigenvalue weighted by Crippen LogP contribution is 2.23. The van der Waals surface area contributed by atoms with Gasteiger partial charge in [-0.1, -0.05) is 0 Å². The highest BCUT2D eigenvalue weighted by atomic mass is 32.2. The number of furan rings is 1. The minimum Gasteiger partial charge on any atom is -0.464 e. The van der Waals surface area contributed by atoms with E-state index in [2.05, 4.69) is 5.32 Å². The molecule has 0 saturated carbocycles. The van der Waals surface area contributed by atoms with Gasteiger partial charge in [-0.15, -0.1) is 0 Å². The molecule has 3 aromatic rings. The lowest BCUT2D eigenvalue weighted by atomic mass is 10.1. The Bertz CT molecular complexity index is 917. The number of nitrogens with one attached hydrogen (secondary N) is 1. The third kappa shape index (κ3) is 2.80. The minimum absolute atomic E-state index is 0.174. The first-order chi connectivity index (χ1) is 11.7. The second-order valence-electron chi connectivity index (χ2n) is 5.66. The monoisotopic (exact) mass is 340 g/mol. The van der Waals surface area contributed by atoms with E-state index in [1.807, 2.05) is 40.7 Å². The van der Waals surface area contributed by atoms with Gasteiger partial charge in [0.1, 0.15) is 16.6 Å². The lowest BCUT2D eigenvalue weighted by Gasteiger charge is -2.16. The molecule has 1 unspecified atom stereocenters. The molecule has 6 heteroatoms. The summed E-state index contributed by atoms with van der Waals surface area (Å²) in [6.45, 7) is 0.795. The number of nitrogens with zero attached hydrogens (tertiary/aromatic N) is 1. The summed E-state index contributed by atoms with van der Waals surface area (Å²) >= 11 is 0. The molecule has 1 amide bonds. The summed E-state index contributed by atoms with van der Waals surface area (Å²) in [6.07, 6.45) is 2.56. The molecule has 1 fully saturated rings. The number of hydrogen-bond acceptors (Lipinski definition) is 3. The predicted molar refractivity (Wildman–Crippen MR) is 95.6 cm³/mol. The van der Waals surface area contributed by atoms with Crippen LogP contribution in [0.1, 0.15) is 16.8 Å². The molecule has 1 atom stereocenters. The molecule has 2 heterocycles. The summed E-state index contributed by atoms with van der Waals surface area (Å²) in [6, 6.07) is 14.6. The van der Waals surface area contributed by atoms with Gasteiger partial charge in [0.15, 0.2) is 0 Å². The molecule has 1 aliphatic rings. The molecule has 0 radical (unpaired) electrons. The molecule has 24 heavy (non-hydrogen) atoms.